The van der Waals surface area contributed by atoms with Crippen LogP contribution in [0.4, 0.5) is 13.2 Å². The first-order valence-electron chi connectivity index (χ1n) is 17.6. The summed E-state index contributed by atoms with van der Waals surface area (Å²) in [7, 11) is -4.31. The molecule has 1 N–H and O–H groups in total. The van der Waals surface area contributed by atoms with E-state index in [4.69, 9.17) is 4.98 Å². The normalized spacial score (nSPS) is 22.5. The molecule has 0 radical (unpaired) electrons. The summed E-state index contributed by atoms with van der Waals surface area (Å²) in [5, 5.41) is 0. The minimum atomic E-state index is -4.31. The number of piperidine rings is 2. The molecule has 266 valence electrons. The molecule has 0 aliphatic carbocycles. The minimum Gasteiger partial charge on any atom is -0.338 e. The molecule has 3 aliphatic rings. The molecule has 3 aromatic carbocycles. The third-order valence-corrected chi connectivity index (χ3v) is 12.9. The van der Waals surface area contributed by atoms with Crippen LogP contribution >= 0.6 is 0 Å². The smallest absolute Gasteiger partial charge is 0.259 e. The van der Waals surface area contributed by atoms with Crippen LogP contribution < -0.4 is 4.72 Å². The van der Waals surface area contributed by atoms with Gasteiger partial charge < -0.3 is 9.47 Å². The monoisotopic (exact) mass is 707 g/mol. The maximum absolute atomic E-state index is 15.6. The van der Waals surface area contributed by atoms with E-state index in [9.17, 15) is 17.6 Å². The number of aromatic nitrogens is 2. The van der Waals surface area contributed by atoms with Gasteiger partial charge in [0, 0.05) is 37.3 Å². The summed E-state index contributed by atoms with van der Waals surface area (Å²) >= 11 is 0. The largest absolute Gasteiger partial charge is 0.338 e. The minimum absolute atomic E-state index is 0.192. The average molecular weight is 708 g/mol. The van der Waals surface area contributed by atoms with Gasteiger partial charge in [-0.05, 0) is 120 Å². The lowest BCUT2D eigenvalue weighted by molar-refractivity contribution is 0.0598. The van der Waals surface area contributed by atoms with Crippen molar-refractivity contribution in [2.24, 2.45) is 0 Å². The first-order chi connectivity index (χ1) is 23.9. The molecular weight excluding hydrogens is 664 g/mol. The Balaban J connectivity index is 1.09. The highest BCUT2D eigenvalue weighted by atomic mass is 32.2. The molecule has 3 atom stereocenters. The molecule has 4 heterocycles. The number of hydrogen-bond donors (Lipinski definition) is 1. The predicted octanol–water partition coefficient (Wildman–Crippen LogP) is 6.88. The molecule has 50 heavy (non-hydrogen) atoms. The van der Waals surface area contributed by atoms with Crippen LogP contribution in [0.15, 0.2) is 65.6 Å². The van der Waals surface area contributed by atoms with E-state index in [-0.39, 0.29) is 18.9 Å². The van der Waals surface area contributed by atoms with Crippen LogP contribution in [0, 0.1) is 24.4 Å². The van der Waals surface area contributed by atoms with Gasteiger partial charge in [-0.3, -0.25) is 9.69 Å². The first kappa shape index (κ1) is 34.7. The van der Waals surface area contributed by atoms with Crippen LogP contribution in [0.25, 0.3) is 11.0 Å². The van der Waals surface area contributed by atoms with Gasteiger partial charge in [0.15, 0.2) is 5.82 Å². The number of imidazole rings is 1. The summed E-state index contributed by atoms with van der Waals surface area (Å²) in [5.41, 5.74) is 1.73. The van der Waals surface area contributed by atoms with E-state index in [1.165, 1.54) is 16.5 Å². The van der Waals surface area contributed by atoms with Crippen LogP contribution in [0.1, 0.15) is 86.6 Å². The second-order valence-corrected chi connectivity index (χ2v) is 16.3. The van der Waals surface area contributed by atoms with Gasteiger partial charge in [-0.2, -0.15) is 0 Å². The molecule has 3 saturated heterocycles. The Bertz CT molecular complexity index is 2010. The standard InChI is InChI=1S/C38H44F3N5O3S/c1-24(2)43-50(48,49)34-14-13-31(40)35(36(34)41)37(47)44-18-15-38(16-19-44,26-7-6-8-27(39)21-26)17-20-45-28-11-12-29(45)23-30(22-28)46-25(3)42-32-9-4-5-10-33(32)46/h4-10,13-14,21,24,28-30,43H,11-12,15-20,22-23H2,1-3H3/t28-,29+,30+. The molecule has 4 aromatic rings. The zero-order chi connectivity index (χ0) is 35.4. The van der Waals surface area contributed by atoms with Crippen molar-refractivity contribution in [1.82, 2.24) is 24.1 Å². The number of halogens is 3. The Labute approximate surface area is 291 Å². The molecule has 8 nitrogen and oxygen atoms in total. The number of carbonyl (C=O) groups is 1. The summed E-state index contributed by atoms with van der Waals surface area (Å²) in [6.07, 6.45) is 6.02. The quantitative estimate of drug-likeness (QED) is 0.205. The van der Waals surface area contributed by atoms with Crippen molar-refractivity contribution in [3.8, 4) is 0 Å². The third kappa shape index (κ3) is 6.34. The molecule has 0 saturated carbocycles. The number of carbonyl (C=O) groups excluding carboxylic acids is 1. The average Bonchev–Trinajstić information content (AvgIpc) is 3.53. The SMILES string of the molecule is Cc1nc2ccccc2n1[C@H]1C[C@H]2CC[C@@H](C1)N2CCC1(c2cccc(F)c2)CCN(C(=O)c2c(F)ccc(S(=O)(=O)NC(C)C)c2F)CC1. The number of likely N-dealkylation sites (tertiary alicyclic amines) is 1. The van der Waals surface area contributed by atoms with E-state index in [2.05, 4.69) is 39.3 Å². The van der Waals surface area contributed by atoms with Crippen LogP contribution in [0.5, 0.6) is 0 Å². The molecule has 0 unspecified atom stereocenters. The summed E-state index contributed by atoms with van der Waals surface area (Å²) in [4.78, 5) is 21.7. The number of para-hydroxylation sites is 2. The van der Waals surface area contributed by atoms with E-state index in [1.807, 2.05) is 12.1 Å². The first-order valence-corrected chi connectivity index (χ1v) is 19.1. The van der Waals surface area contributed by atoms with Gasteiger partial charge in [-0.1, -0.05) is 24.3 Å². The molecular formula is C38H44F3N5O3S. The maximum Gasteiger partial charge on any atom is 0.259 e. The molecule has 0 spiro atoms. The van der Waals surface area contributed by atoms with Crippen LogP contribution in [-0.2, 0) is 15.4 Å². The van der Waals surface area contributed by atoms with E-state index in [0.29, 0.717) is 31.0 Å². The van der Waals surface area contributed by atoms with Crippen molar-refractivity contribution in [1.29, 1.82) is 0 Å². The summed E-state index contributed by atoms with van der Waals surface area (Å²) < 4.78 is 75.5. The Morgan fingerprint density at radius 1 is 0.960 bits per heavy atom. The molecule has 1 aromatic heterocycles. The summed E-state index contributed by atoms with van der Waals surface area (Å²) in [5.74, 6) is -2.70. The van der Waals surface area contributed by atoms with Gasteiger partial charge in [0.1, 0.15) is 27.9 Å². The lowest BCUT2D eigenvalue weighted by Gasteiger charge is -2.45. The summed E-state index contributed by atoms with van der Waals surface area (Å²) in [6.45, 7) is 6.46. The van der Waals surface area contributed by atoms with Crippen LogP contribution in [0.2, 0.25) is 0 Å². The Morgan fingerprint density at radius 2 is 1.66 bits per heavy atom. The van der Waals surface area contributed by atoms with E-state index in [0.717, 1.165) is 67.7 Å². The third-order valence-electron chi connectivity index (χ3n) is 11.2. The molecule has 7 rings (SSSR count). The molecule has 3 aliphatic heterocycles. The van der Waals surface area contributed by atoms with Crippen molar-refractivity contribution in [2.75, 3.05) is 19.6 Å². The van der Waals surface area contributed by atoms with E-state index in [1.54, 1.807) is 26.0 Å². The number of nitrogens with one attached hydrogen (secondary N) is 1. The highest BCUT2D eigenvalue weighted by Gasteiger charge is 2.45. The number of nitrogens with zero attached hydrogens (tertiary/aromatic N) is 4. The number of hydrogen-bond acceptors (Lipinski definition) is 5. The number of aryl methyl sites for hydroxylation is 1. The highest BCUT2D eigenvalue weighted by molar-refractivity contribution is 7.89. The van der Waals surface area contributed by atoms with Crippen molar-refractivity contribution >= 4 is 27.0 Å². The fourth-order valence-corrected chi connectivity index (χ4v) is 10.2. The van der Waals surface area contributed by atoms with Gasteiger partial charge in [-0.15, -0.1) is 0 Å². The second-order valence-electron chi connectivity index (χ2n) is 14.6. The van der Waals surface area contributed by atoms with Crippen molar-refractivity contribution in [3.63, 3.8) is 0 Å². The van der Waals surface area contributed by atoms with Crippen molar-refractivity contribution in [2.45, 2.75) is 100 Å². The highest BCUT2D eigenvalue weighted by Crippen LogP contribution is 2.45. The second kappa shape index (κ2) is 13.4. The van der Waals surface area contributed by atoms with Gasteiger partial charge in [-0.25, -0.2) is 31.3 Å². The number of rotatable bonds is 9. The number of benzene rings is 3. The van der Waals surface area contributed by atoms with Crippen molar-refractivity contribution < 1.29 is 26.4 Å². The predicted molar refractivity (Wildman–Crippen MR) is 186 cm³/mol. The van der Waals surface area contributed by atoms with Crippen molar-refractivity contribution in [3.05, 3.63) is 95.1 Å². The van der Waals surface area contributed by atoms with Gasteiger partial charge in [0.25, 0.3) is 5.91 Å². The van der Waals surface area contributed by atoms with Crippen LogP contribution in [0.3, 0.4) is 0 Å². The Kier molecular flexibility index (Phi) is 9.32. The molecule has 1 amide bonds. The van der Waals surface area contributed by atoms with Gasteiger partial charge in [0.2, 0.25) is 10.0 Å². The number of sulfonamides is 1. The Morgan fingerprint density at radius 3 is 2.34 bits per heavy atom. The zero-order valence-corrected chi connectivity index (χ0v) is 29.5. The fourth-order valence-electron chi connectivity index (χ4n) is 8.90. The fraction of sp³-hybridized carbons (Fsp3) is 0.474. The number of amides is 1. The maximum atomic E-state index is 15.6. The van der Waals surface area contributed by atoms with E-state index < -0.39 is 49.5 Å². The van der Waals surface area contributed by atoms with E-state index >= 15 is 8.78 Å². The summed E-state index contributed by atoms with van der Waals surface area (Å²) in [6, 6.07) is 17.3. The Hall–Kier alpha value is -3.74. The van der Waals surface area contributed by atoms with Crippen LogP contribution in [-0.4, -0.2) is 71.4 Å². The zero-order valence-electron chi connectivity index (χ0n) is 28.7. The van der Waals surface area contributed by atoms with Gasteiger partial charge in [0.05, 0.1) is 11.0 Å². The molecule has 3 fully saturated rings. The molecule has 12 heteroatoms. The van der Waals surface area contributed by atoms with Gasteiger partial charge >= 0.3 is 0 Å². The number of fused-ring (bicyclic) bond motifs is 3. The topological polar surface area (TPSA) is 87.5 Å². The lowest BCUT2D eigenvalue weighted by Crippen LogP contribution is -2.49. The molecule has 2 bridgehead atoms. The lowest BCUT2D eigenvalue weighted by atomic mass is 9.70.